The van der Waals surface area contributed by atoms with Gasteiger partial charge < -0.3 is 13.9 Å². The minimum absolute atomic E-state index is 0.0900. The largest absolute Gasteiger partial charge is 0.494 e. The second-order valence-corrected chi connectivity index (χ2v) is 8.82. The molecule has 138 valence electrons. The number of fused-ring (bicyclic) bond motifs is 1. The van der Waals surface area contributed by atoms with E-state index in [0.29, 0.717) is 6.04 Å². The van der Waals surface area contributed by atoms with Gasteiger partial charge in [-0.1, -0.05) is 18.9 Å². The van der Waals surface area contributed by atoms with Gasteiger partial charge in [0, 0.05) is 23.2 Å². The molecule has 1 aromatic heterocycles. The maximum atomic E-state index is 12.5. The smallest absolute Gasteiger partial charge is 0.399 e. The van der Waals surface area contributed by atoms with Crippen LogP contribution in [0.1, 0.15) is 65.1 Å². The molecule has 0 N–H and O–H groups in total. The molecular formula is C21H28BNO3. The monoisotopic (exact) mass is 353 g/mol. The summed E-state index contributed by atoms with van der Waals surface area (Å²) >= 11 is 0. The highest BCUT2D eigenvalue weighted by Crippen LogP contribution is 2.37. The van der Waals surface area contributed by atoms with Crippen molar-refractivity contribution >= 4 is 23.5 Å². The quantitative estimate of drug-likeness (QED) is 0.773. The highest BCUT2D eigenvalue weighted by molar-refractivity contribution is 6.62. The molecule has 4 rings (SSSR count). The van der Waals surface area contributed by atoms with E-state index >= 15 is 0 Å². The Balaban J connectivity index is 1.84. The lowest BCUT2D eigenvalue weighted by Gasteiger charge is -2.32. The molecule has 1 saturated heterocycles. The molecule has 1 aromatic carbocycles. The molecule has 2 aromatic rings. The average molecular weight is 353 g/mol. The topological polar surface area (TPSA) is 40.5 Å². The fourth-order valence-electron chi connectivity index (χ4n) is 4.26. The molecule has 1 aliphatic heterocycles. The van der Waals surface area contributed by atoms with E-state index in [4.69, 9.17) is 9.31 Å². The van der Waals surface area contributed by atoms with Gasteiger partial charge in [0.15, 0.2) is 5.43 Å². The van der Waals surface area contributed by atoms with Crippen LogP contribution in [0, 0.1) is 6.92 Å². The SMILES string of the molecule is Cc1cc(=O)c2ccc(B3OC(C)(C)C(C)(C)O3)cc2n1C1CCCC1. The van der Waals surface area contributed by atoms with Gasteiger partial charge in [0.1, 0.15) is 0 Å². The predicted molar refractivity (Wildman–Crippen MR) is 106 cm³/mol. The molecule has 0 spiro atoms. The Bertz CT molecular complexity index is 893. The van der Waals surface area contributed by atoms with E-state index in [0.717, 1.165) is 22.1 Å². The lowest BCUT2D eigenvalue weighted by atomic mass is 9.78. The van der Waals surface area contributed by atoms with Crippen LogP contribution in [0.3, 0.4) is 0 Å². The first-order valence-corrected chi connectivity index (χ1v) is 9.71. The highest BCUT2D eigenvalue weighted by atomic mass is 16.7. The molecular weight excluding hydrogens is 325 g/mol. The molecule has 0 atom stereocenters. The van der Waals surface area contributed by atoms with Gasteiger partial charge in [-0.3, -0.25) is 4.79 Å². The number of rotatable bonds is 2. The first-order valence-electron chi connectivity index (χ1n) is 9.71. The summed E-state index contributed by atoms with van der Waals surface area (Å²) in [5.41, 5.74) is 2.38. The van der Waals surface area contributed by atoms with Crippen LogP contribution >= 0.6 is 0 Å². The van der Waals surface area contributed by atoms with Gasteiger partial charge in [0.05, 0.1) is 16.7 Å². The summed E-state index contributed by atoms with van der Waals surface area (Å²) in [5.74, 6) is 0. The van der Waals surface area contributed by atoms with Gasteiger partial charge in [-0.2, -0.15) is 0 Å². The third-order valence-corrected chi connectivity index (χ3v) is 6.48. The number of nitrogens with zero attached hydrogens (tertiary/aromatic N) is 1. The molecule has 0 bridgehead atoms. The number of hydrogen-bond donors (Lipinski definition) is 0. The lowest BCUT2D eigenvalue weighted by Crippen LogP contribution is -2.41. The molecule has 1 saturated carbocycles. The molecule has 2 heterocycles. The first kappa shape index (κ1) is 17.8. The van der Waals surface area contributed by atoms with Gasteiger partial charge in [-0.05, 0) is 65.1 Å². The van der Waals surface area contributed by atoms with Gasteiger partial charge in [0.25, 0.3) is 0 Å². The Hall–Kier alpha value is -1.59. The van der Waals surface area contributed by atoms with Gasteiger partial charge >= 0.3 is 7.12 Å². The van der Waals surface area contributed by atoms with Crippen molar-refractivity contribution in [3.05, 3.63) is 40.2 Å². The van der Waals surface area contributed by atoms with Crippen LogP contribution in [-0.4, -0.2) is 22.9 Å². The number of hydrogen-bond acceptors (Lipinski definition) is 3. The van der Waals surface area contributed by atoms with Crippen molar-refractivity contribution in [1.29, 1.82) is 0 Å². The van der Waals surface area contributed by atoms with Crippen LogP contribution in [0.5, 0.6) is 0 Å². The second-order valence-electron chi connectivity index (χ2n) is 8.82. The van der Waals surface area contributed by atoms with Crippen LogP contribution < -0.4 is 10.9 Å². The van der Waals surface area contributed by atoms with Crippen molar-refractivity contribution in [3.63, 3.8) is 0 Å². The lowest BCUT2D eigenvalue weighted by molar-refractivity contribution is 0.00578. The zero-order valence-corrected chi connectivity index (χ0v) is 16.5. The fourth-order valence-corrected chi connectivity index (χ4v) is 4.26. The molecule has 2 aliphatic rings. The van der Waals surface area contributed by atoms with Crippen LogP contribution in [0.2, 0.25) is 0 Å². The molecule has 26 heavy (non-hydrogen) atoms. The van der Waals surface area contributed by atoms with Crippen molar-refractivity contribution in [2.75, 3.05) is 0 Å². The van der Waals surface area contributed by atoms with Crippen molar-refractivity contribution < 1.29 is 9.31 Å². The molecule has 0 radical (unpaired) electrons. The summed E-state index contributed by atoms with van der Waals surface area (Å²) < 4.78 is 14.8. The molecule has 0 unspecified atom stereocenters. The highest BCUT2D eigenvalue weighted by Gasteiger charge is 2.51. The molecule has 2 fully saturated rings. The van der Waals surface area contributed by atoms with E-state index in [-0.39, 0.29) is 16.6 Å². The Kier molecular flexibility index (Phi) is 4.09. The minimum Gasteiger partial charge on any atom is -0.399 e. The van der Waals surface area contributed by atoms with E-state index in [1.54, 1.807) is 6.07 Å². The average Bonchev–Trinajstić information content (AvgIpc) is 3.13. The molecule has 1 aliphatic carbocycles. The summed E-state index contributed by atoms with van der Waals surface area (Å²) in [6, 6.07) is 8.26. The number of benzene rings is 1. The number of pyridine rings is 1. The van der Waals surface area contributed by atoms with E-state index in [1.807, 2.05) is 19.1 Å². The Morgan fingerprint density at radius 1 is 1.04 bits per heavy atom. The van der Waals surface area contributed by atoms with Crippen molar-refractivity contribution in [3.8, 4) is 0 Å². The zero-order valence-electron chi connectivity index (χ0n) is 16.5. The predicted octanol–water partition coefficient (Wildman–Crippen LogP) is 3.72. The summed E-state index contributed by atoms with van der Waals surface area (Å²) in [5, 5.41) is 0.780. The second kappa shape index (κ2) is 5.96. The first-order chi connectivity index (χ1) is 12.2. The standard InChI is InChI=1S/C21H28BNO3/c1-14-12-19(24)17-11-10-15(22-25-20(2,3)21(4,5)26-22)13-18(17)23(14)16-8-6-7-9-16/h10-13,16H,6-9H2,1-5H3. The number of aromatic nitrogens is 1. The maximum absolute atomic E-state index is 12.5. The summed E-state index contributed by atoms with van der Waals surface area (Å²) in [6.07, 6.45) is 4.88. The summed E-state index contributed by atoms with van der Waals surface area (Å²) in [4.78, 5) is 12.5. The number of aryl methyl sites for hydroxylation is 1. The van der Waals surface area contributed by atoms with E-state index in [1.165, 1.54) is 25.7 Å². The van der Waals surface area contributed by atoms with Crippen molar-refractivity contribution in [2.45, 2.75) is 77.5 Å². The third kappa shape index (κ3) is 2.73. The third-order valence-electron chi connectivity index (χ3n) is 6.48. The normalized spacial score (nSPS) is 22.4. The Morgan fingerprint density at radius 2 is 1.65 bits per heavy atom. The zero-order chi connectivity index (χ0) is 18.7. The maximum Gasteiger partial charge on any atom is 0.494 e. The van der Waals surface area contributed by atoms with Crippen LogP contribution in [-0.2, 0) is 9.31 Å². The van der Waals surface area contributed by atoms with Gasteiger partial charge in [0.2, 0.25) is 0 Å². The molecule has 4 nitrogen and oxygen atoms in total. The van der Waals surface area contributed by atoms with E-state index in [2.05, 4.69) is 38.3 Å². The van der Waals surface area contributed by atoms with Gasteiger partial charge in [-0.25, -0.2) is 0 Å². The Labute approximate surface area is 155 Å². The Morgan fingerprint density at radius 3 is 2.27 bits per heavy atom. The molecule has 0 amide bonds. The van der Waals surface area contributed by atoms with Crippen LogP contribution in [0.4, 0.5) is 0 Å². The summed E-state index contributed by atoms with van der Waals surface area (Å²) in [6.45, 7) is 10.3. The fraction of sp³-hybridized carbons (Fsp3) is 0.571. The summed E-state index contributed by atoms with van der Waals surface area (Å²) in [7, 11) is -0.406. The molecule has 5 heteroatoms. The van der Waals surface area contributed by atoms with Crippen LogP contribution in [0.25, 0.3) is 10.9 Å². The minimum atomic E-state index is -0.406. The van der Waals surface area contributed by atoms with Gasteiger partial charge in [-0.15, -0.1) is 0 Å². The van der Waals surface area contributed by atoms with Crippen molar-refractivity contribution in [1.82, 2.24) is 4.57 Å². The van der Waals surface area contributed by atoms with E-state index < -0.39 is 7.12 Å². The van der Waals surface area contributed by atoms with Crippen molar-refractivity contribution in [2.24, 2.45) is 0 Å². The van der Waals surface area contributed by atoms with E-state index in [9.17, 15) is 4.79 Å². The van der Waals surface area contributed by atoms with Crippen LogP contribution in [0.15, 0.2) is 29.1 Å².